The van der Waals surface area contributed by atoms with Crippen molar-refractivity contribution in [3.63, 3.8) is 0 Å². The number of carbonyl (C=O) groups excluding carboxylic acids is 1. The molecular formula is C15H14ClNO6. The minimum atomic E-state index is -1.78. The zero-order valence-electron chi connectivity index (χ0n) is 11.9. The van der Waals surface area contributed by atoms with Gasteiger partial charge in [-0.15, -0.1) is 0 Å². The van der Waals surface area contributed by atoms with Crippen molar-refractivity contribution in [1.29, 1.82) is 0 Å². The number of carboxylic acid groups (broad SMARTS) is 1. The van der Waals surface area contributed by atoms with Gasteiger partial charge in [-0.05, 0) is 30.3 Å². The Morgan fingerprint density at radius 2 is 2.17 bits per heavy atom. The second kappa shape index (κ2) is 5.75. The van der Waals surface area contributed by atoms with Crippen LogP contribution in [0.5, 0.6) is 5.75 Å². The molecule has 0 aromatic heterocycles. The van der Waals surface area contributed by atoms with Crippen molar-refractivity contribution in [3.8, 4) is 5.75 Å². The molecule has 0 saturated carbocycles. The first kappa shape index (κ1) is 15.6. The van der Waals surface area contributed by atoms with Gasteiger partial charge in [0.1, 0.15) is 18.1 Å². The number of benzene rings is 1. The average molecular weight is 340 g/mol. The Morgan fingerprint density at radius 3 is 2.74 bits per heavy atom. The van der Waals surface area contributed by atoms with Crippen LogP contribution in [0.4, 0.5) is 0 Å². The first-order valence-electron chi connectivity index (χ1n) is 6.91. The van der Waals surface area contributed by atoms with E-state index in [0.29, 0.717) is 10.8 Å². The van der Waals surface area contributed by atoms with Crippen LogP contribution in [-0.4, -0.2) is 52.0 Å². The van der Waals surface area contributed by atoms with Crippen molar-refractivity contribution in [3.05, 3.63) is 41.1 Å². The van der Waals surface area contributed by atoms with Crippen LogP contribution in [0.25, 0.3) is 0 Å². The van der Waals surface area contributed by atoms with Crippen LogP contribution in [0.2, 0.25) is 5.02 Å². The zero-order chi connectivity index (χ0) is 16.6. The van der Waals surface area contributed by atoms with Gasteiger partial charge in [0.15, 0.2) is 6.23 Å². The van der Waals surface area contributed by atoms with Crippen LogP contribution in [0.3, 0.4) is 0 Å². The summed E-state index contributed by atoms with van der Waals surface area (Å²) in [5, 5.41) is 19.4. The smallest absolute Gasteiger partial charge is 0.341 e. The van der Waals surface area contributed by atoms with Gasteiger partial charge in [0.05, 0.1) is 13.0 Å². The summed E-state index contributed by atoms with van der Waals surface area (Å²) < 4.78 is 11.0. The first-order chi connectivity index (χ1) is 11.0. The molecule has 7 nitrogen and oxygen atoms in total. The van der Waals surface area contributed by atoms with E-state index in [1.54, 1.807) is 24.3 Å². The molecule has 1 aromatic carbocycles. The molecule has 2 N–H and O–H groups in total. The molecule has 2 heterocycles. The van der Waals surface area contributed by atoms with Gasteiger partial charge in [-0.25, -0.2) is 4.79 Å². The van der Waals surface area contributed by atoms with Gasteiger partial charge in [-0.1, -0.05) is 11.6 Å². The summed E-state index contributed by atoms with van der Waals surface area (Å²) in [7, 11) is 0. The molecule has 2 aliphatic rings. The number of aliphatic hydroxyl groups excluding tert-OH is 1. The van der Waals surface area contributed by atoms with E-state index < -0.39 is 24.3 Å². The third kappa shape index (κ3) is 2.42. The molecule has 122 valence electrons. The number of amides is 1. The molecule has 23 heavy (non-hydrogen) atoms. The molecular weight excluding hydrogens is 326 g/mol. The number of carboxylic acids is 1. The Balaban J connectivity index is 1.91. The predicted molar refractivity (Wildman–Crippen MR) is 78.8 cm³/mol. The van der Waals surface area contributed by atoms with Gasteiger partial charge in [0, 0.05) is 5.02 Å². The van der Waals surface area contributed by atoms with Gasteiger partial charge < -0.3 is 19.7 Å². The van der Waals surface area contributed by atoms with Crippen LogP contribution in [0, 0.1) is 0 Å². The first-order valence-corrected chi connectivity index (χ1v) is 7.29. The summed E-state index contributed by atoms with van der Waals surface area (Å²) in [5.41, 5.74) is -1.78. The lowest BCUT2D eigenvalue weighted by Gasteiger charge is -2.40. The largest absolute Gasteiger partial charge is 0.490 e. The van der Waals surface area contributed by atoms with E-state index in [-0.39, 0.29) is 24.7 Å². The standard InChI is InChI=1S/C15H14ClNO6/c16-9-1-3-10(4-2-9)22-8-15(14(20)21)11(5-6-18)23-13-7-12(19)17(13)15/h1-5,13,18H,6-8H2,(H,20,21)/b11-5-/t13-,15-/m1/s1. The minimum absolute atomic E-state index is 0.0114. The number of rotatable bonds is 5. The molecule has 2 saturated heterocycles. The maximum absolute atomic E-state index is 11.9. The lowest BCUT2D eigenvalue weighted by molar-refractivity contribution is -0.172. The second-order valence-electron chi connectivity index (χ2n) is 5.20. The van der Waals surface area contributed by atoms with Gasteiger partial charge in [-0.3, -0.25) is 9.69 Å². The normalized spacial score (nSPS) is 27.4. The Morgan fingerprint density at radius 1 is 1.48 bits per heavy atom. The molecule has 2 aliphatic heterocycles. The summed E-state index contributed by atoms with van der Waals surface area (Å²) in [6.07, 6.45) is 0.717. The monoisotopic (exact) mass is 339 g/mol. The van der Waals surface area contributed by atoms with E-state index in [1.165, 1.54) is 6.08 Å². The molecule has 0 unspecified atom stereocenters. The maximum Gasteiger partial charge on any atom is 0.341 e. The maximum atomic E-state index is 11.9. The fourth-order valence-electron chi connectivity index (χ4n) is 2.73. The number of hydrogen-bond donors (Lipinski definition) is 2. The Hall–Kier alpha value is -2.25. The van der Waals surface area contributed by atoms with Crippen molar-refractivity contribution in [2.24, 2.45) is 0 Å². The lowest BCUT2D eigenvalue weighted by Crippen LogP contribution is -2.65. The number of halogens is 1. The number of fused-ring (bicyclic) bond motifs is 1. The van der Waals surface area contributed by atoms with Crippen molar-refractivity contribution in [2.45, 2.75) is 18.2 Å². The van der Waals surface area contributed by atoms with Crippen LogP contribution < -0.4 is 4.74 Å². The highest BCUT2D eigenvalue weighted by atomic mass is 35.5. The second-order valence-corrected chi connectivity index (χ2v) is 5.64. The molecule has 3 rings (SSSR count). The van der Waals surface area contributed by atoms with E-state index >= 15 is 0 Å². The van der Waals surface area contributed by atoms with E-state index in [1.807, 2.05) is 0 Å². The van der Waals surface area contributed by atoms with E-state index in [0.717, 1.165) is 4.90 Å². The van der Waals surface area contributed by atoms with Gasteiger partial charge in [0.2, 0.25) is 11.4 Å². The predicted octanol–water partition coefficient (Wildman–Crippen LogP) is 1.01. The van der Waals surface area contributed by atoms with Crippen molar-refractivity contribution in [2.75, 3.05) is 13.2 Å². The highest BCUT2D eigenvalue weighted by Gasteiger charge is 2.65. The molecule has 2 atom stereocenters. The van der Waals surface area contributed by atoms with Crippen LogP contribution in [0.15, 0.2) is 36.1 Å². The fraction of sp³-hybridized carbons (Fsp3) is 0.333. The molecule has 1 amide bonds. The minimum Gasteiger partial charge on any atom is -0.490 e. The molecule has 8 heteroatoms. The number of aliphatic hydroxyl groups is 1. The van der Waals surface area contributed by atoms with Crippen LogP contribution in [-0.2, 0) is 14.3 Å². The topological polar surface area (TPSA) is 96.3 Å². The Kier molecular flexibility index (Phi) is 3.91. The van der Waals surface area contributed by atoms with Crippen molar-refractivity contribution >= 4 is 23.5 Å². The number of aliphatic carboxylic acids is 1. The Labute approximate surface area is 136 Å². The molecule has 1 aromatic rings. The van der Waals surface area contributed by atoms with Gasteiger partial charge >= 0.3 is 5.97 Å². The molecule has 0 bridgehead atoms. The molecule has 2 fully saturated rings. The molecule has 0 aliphatic carbocycles. The third-order valence-corrected chi connectivity index (χ3v) is 4.13. The number of hydrogen-bond acceptors (Lipinski definition) is 5. The fourth-order valence-corrected chi connectivity index (χ4v) is 2.86. The number of carbonyl (C=O) groups is 2. The van der Waals surface area contributed by atoms with Crippen molar-refractivity contribution in [1.82, 2.24) is 4.90 Å². The van der Waals surface area contributed by atoms with Crippen molar-refractivity contribution < 1.29 is 29.3 Å². The molecule has 0 spiro atoms. The Bertz CT molecular complexity index is 673. The highest BCUT2D eigenvalue weighted by molar-refractivity contribution is 6.30. The van der Waals surface area contributed by atoms with Gasteiger partial charge in [0.25, 0.3) is 0 Å². The SMILES string of the molecule is O=C1C[C@H]2O/C(=C\CO)[C@](COc3ccc(Cl)cc3)(C(=O)O)N12. The summed E-state index contributed by atoms with van der Waals surface area (Å²) in [6, 6.07) is 6.41. The lowest BCUT2D eigenvalue weighted by atomic mass is 9.92. The number of ether oxygens (including phenoxy) is 2. The number of nitrogens with zero attached hydrogens (tertiary/aromatic N) is 1. The quantitative estimate of drug-likeness (QED) is 0.777. The van der Waals surface area contributed by atoms with Crippen LogP contribution in [0.1, 0.15) is 6.42 Å². The van der Waals surface area contributed by atoms with E-state index in [9.17, 15) is 14.7 Å². The zero-order valence-corrected chi connectivity index (χ0v) is 12.7. The number of β-lactam (4-membered cyclic amide) rings is 1. The van der Waals surface area contributed by atoms with Gasteiger partial charge in [-0.2, -0.15) is 0 Å². The summed E-state index contributed by atoms with van der Waals surface area (Å²) in [4.78, 5) is 24.9. The highest BCUT2D eigenvalue weighted by Crippen LogP contribution is 2.44. The summed E-state index contributed by atoms with van der Waals surface area (Å²) in [5.74, 6) is -1.19. The summed E-state index contributed by atoms with van der Waals surface area (Å²) >= 11 is 5.79. The van der Waals surface area contributed by atoms with Crippen LogP contribution >= 0.6 is 11.6 Å². The summed E-state index contributed by atoms with van der Waals surface area (Å²) in [6.45, 7) is -0.738. The average Bonchev–Trinajstić information content (AvgIpc) is 2.76. The third-order valence-electron chi connectivity index (χ3n) is 3.88. The van der Waals surface area contributed by atoms with E-state index in [4.69, 9.17) is 26.2 Å². The molecule has 0 radical (unpaired) electrons. The van der Waals surface area contributed by atoms with E-state index in [2.05, 4.69) is 0 Å².